The molecule has 26 heavy (non-hydrogen) atoms. The van der Waals surface area contributed by atoms with Crippen LogP contribution in [0.2, 0.25) is 0 Å². The zero-order valence-electron chi connectivity index (χ0n) is 16.0. The molecule has 2 aromatic heterocycles. The Labute approximate surface area is 159 Å². The maximum atomic E-state index is 12.8. The van der Waals surface area contributed by atoms with Crippen LogP contribution in [0.25, 0.3) is 0 Å². The molecule has 142 valence electrons. The number of hydrogen-bond acceptors (Lipinski definition) is 5. The van der Waals surface area contributed by atoms with Crippen molar-refractivity contribution in [2.45, 2.75) is 39.2 Å². The monoisotopic (exact) mass is 376 g/mol. The Balaban J connectivity index is 1.75. The van der Waals surface area contributed by atoms with Gasteiger partial charge in [-0.1, -0.05) is 0 Å². The zero-order valence-corrected chi connectivity index (χ0v) is 16.9. The quantitative estimate of drug-likeness (QED) is 0.842. The summed E-state index contributed by atoms with van der Waals surface area (Å²) in [7, 11) is 3.63. The first kappa shape index (κ1) is 18.9. The first-order valence-corrected chi connectivity index (χ1v) is 9.99. The van der Waals surface area contributed by atoms with E-state index in [1.54, 1.807) is 23.1 Å². The van der Waals surface area contributed by atoms with E-state index in [1.165, 1.54) is 23.4 Å². The Kier molecular flexibility index (Phi) is 5.98. The van der Waals surface area contributed by atoms with Crippen LogP contribution >= 0.6 is 11.3 Å². The maximum Gasteiger partial charge on any atom is 0.261 e. The molecule has 6 nitrogen and oxygen atoms in total. The van der Waals surface area contributed by atoms with Crippen molar-refractivity contribution in [1.82, 2.24) is 15.1 Å². The topological polar surface area (TPSA) is 59.4 Å². The Bertz CT molecular complexity index is 768. The van der Waals surface area contributed by atoms with Crippen LogP contribution in [0.15, 0.2) is 12.3 Å². The molecule has 1 N–H and O–H groups in total. The summed E-state index contributed by atoms with van der Waals surface area (Å²) < 4.78 is 7.03. The van der Waals surface area contributed by atoms with Crippen molar-refractivity contribution in [3.05, 3.63) is 34.0 Å². The summed E-state index contributed by atoms with van der Waals surface area (Å²) in [5.41, 5.74) is 3.30. The summed E-state index contributed by atoms with van der Waals surface area (Å²) in [4.78, 5) is 15.9. The van der Waals surface area contributed by atoms with Gasteiger partial charge in [-0.3, -0.25) is 9.48 Å². The van der Waals surface area contributed by atoms with Gasteiger partial charge in [0.05, 0.1) is 28.2 Å². The summed E-state index contributed by atoms with van der Waals surface area (Å²) in [5, 5.41) is 8.72. The van der Waals surface area contributed by atoms with Crippen LogP contribution in [0.1, 0.15) is 52.3 Å². The molecule has 3 rings (SSSR count). The van der Waals surface area contributed by atoms with E-state index in [4.69, 9.17) is 4.74 Å². The van der Waals surface area contributed by atoms with Gasteiger partial charge >= 0.3 is 0 Å². The first-order valence-electron chi connectivity index (χ1n) is 9.17. The highest BCUT2D eigenvalue weighted by atomic mass is 32.1. The number of carbonyl (C=O) groups excluding carboxylic acids is 1. The predicted molar refractivity (Wildman–Crippen MR) is 105 cm³/mol. The van der Waals surface area contributed by atoms with Crippen molar-refractivity contribution >= 4 is 22.2 Å². The molecule has 0 aromatic carbocycles. The van der Waals surface area contributed by atoms with Gasteiger partial charge < -0.3 is 15.0 Å². The molecular weight excluding hydrogens is 348 g/mol. The van der Waals surface area contributed by atoms with Gasteiger partial charge in [0, 0.05) is 39.0 Å². The van der Waals surface area contributed by atoms with Gasteiger partial charge in [-0.05, 0) is 44.7 Å². The fourth-order valence-electron chi connectivity index (χ4n) is 3.50. The third-order valence-electron chi connectivity index (χ3n) is 4.85. The van der Waals surface area contributed by atoms with Gasteiger partial charge in [-0.15, -0.1) is 11.3 Å². The minimum atomic E-state index is -0.0669. The van der Waals surface area contributed by atoms with Crippen LogP contribution in [0.3, 0.4) is 0 Å². The van der Waals surface area contributed by atoms with Gasteiger partial charge in [-0.25, -0.2) is 0 Å². The number of amides is 1. The third-order valence-corrected chi connectivity index (χ3v) is 6.09. The fraction of sp³-hybridized carbons (Fsp3) is 0.579. The lowest BCUT2D eigenvalue weighted by molar-refractivity contribution is 0.0944. The summed E-state index contributed by atoms with van der Waals surface area (Å²) in [6, 6.07) is 2.01. The smallest absolute Gasteiger partial charge is 0.261 e. The van der Waals surface area contributed by atoms with Crippen LogP contribution in [0.5, 0.6) is 0 Å². The zero-order chi connectivity index (χ0) is 18.7. The number of thiophene rings is 1. The number of nitrogens with zero attached hydrogens (tertiary/aromatic N) is 3. The Morgan fingerprint density at radius 3 is 2.96 bits per heavy atom. The lowest BCUT2D eigenvalue weighted by atomic mass is 10.1. The van der Waals surface area contributed by atoms with Gasteiger partial charge in [0.15, 0.2) is 0 Å². The molecule has 0 saturated carbocycles. The molecule has 1 aliphatic rings. The minimum absolute atomic E-state index is 0.00878. The van der Waals surface area contributed by atoms with Crippen molar-refractivity contribution in [3.8, 4) is 0 Å². The van der Waals surface area contributed by atoms with E-state index in [-0.39, 0.29) is 11.9 Å². The van der Waals surface area contributed by atoms with Gasteiger partial charge in [0.2, 0.25) is 0 Å². The third kappa shape index (κ3) is 4.10. The van der Waals surface area contributed by atoms with Crippen LogP contribution in [0.4, 0.5) is 5.00 Å². The van der Waals surface area contributed by atoms with E-state index in [1.807, 2.05) is 27.1 Å². The van der Waals surface area contributed by atoms with Gasteiger partial charge in [-0.2, -0.15) is 5.10 Å². The predicted octanol–water partition coefficient (Wildman–Crippen LogP) is 3.07. The van der Waals surface area contributed by atoms with Gasteiger partial charge in [0.25, 0.3) is 5.91 Å². The van der Waals surface area contributed by atoms with Crippen LogP contribution in [-0.2, 0) is 18.2 Å². The van der Waals surface area contributed by atoms with Crippen molar-refractivity contribution in [1.29, 1.82) is 0 Å². The molecule has 0 radical (unpaired) electrons. The van der Waals surface area contributed by atoms with Crippen LogP contribution < -0.4 is 10.2 Å². The first-order chi connectivity index (χ1) is 12.5. The highest BCUT2D eigenvalue weighted by molar-refractivity contribution is 7.18. The summed E-state index contributed by atoms with van der Waals surface area (Å²) in [6.45, 7) is 6.58. The summed E-state index contributed by atoms with van der Waals surface area (Å²) in [6.07, 6.45) is 5.36. The average molecular weight is 377 g/mol. The lowest BCUT2D eigenvalue weighted by Gasteiger charge is -2.22. The summed E-state index contributed by atoms with van der Waals surface area (Å²) >= 11 is 1.60. The number of ether oxygens (including phenoxy) is 1. The Morgan fingerprint density at radius 2 is 2.27 bits per heavy atom. The van der Waals surface area contributed by atoms with Crippen LogP contribution in [0, 0.1) is 6.92 Å². The Morgan fingerprint density at radius 1 is 1.46 bits per heavy atom. The number of aromatic nitrogens is 2. The SMILES string of the molecule is COCCN1CCCCc2cc(C(=O)NC(C)c3cn(C)nc3C)sc21. The average Bonchev–Trinajstić information content (AvgIpc) is 3.12. The van der Waals surface area contributed by atoms with E-state index in [0.717, 1.165) is 35.6 Å². The Hall–Kier alpha value is -1.86. The molecule has 1 atom stereocenters. The largest absolute Gasteiger partial charge is 0.383 e. The van der Waals surface area contributed by atoms with Crippen molar-refractivity contribution in [2.75, 3.05) is 31.7 Å². The normalized spacial score (nSPS) is 15.5. The highest BCUT2D eigenvalue weighted by Crippen LogP contribution is 2.35. The second-order valence-corrected chi connectivity index (χ2v) is 7.95. The number of methoxy groups -OCH3 is 1. The van der Waals surface area contributed by atoms with E-state index in [9.17, 15) is 4.79 Å². The molecule has 2 aromatic rings. The molecule has 1 aliphatic heterocycles. The number of hydrogen-bond donors (Lipinski definition) is 1. The molecule has 0 fully saturated rings. The fourth-order valence-corrected chi connectivity index (χ4v) is 4.67. The molecule has 3 heterocycles. The summed E-state index contributed by atoms with van der Waals surface area (Å²) in [5.74, 6) is -0.00878. The molecule has 1 unspecified atom stereocenters. The number of nitrogens with one attached hydrogen (secondary N) is 1. The molecule has 0 aliphatic carbocycles. The molecular formula is C19H28N4O2S. The minimum Gasteiger partial charge on any atom is -0.383 e. The van der Waals surface area contributed by atoms with Crippen molar-refractivity contribution < 1.29 is 9.53 Å². The molecule has 0 bridgehead atoms. The van der Waals surface area contributed by atoms with Gasteiger partial charge in [0.1, 0.15) is 0 Å². The van der Waals surface area contributed by atoms with E-state index < -0.39 is 0 Å². The number of fused-ring (bicyclic) bond motifs is 1. The van der Waals surface area contributed by atoms with E-state index in [2.05, 4.69) is 21.4 Å². The van der Waals surface area contributed by atoms with Crippen molar-refractivity contribution in [2.24, 2.45) is 7.05 Å². The molecule has 0 spiro atoms. The molecule has 0 saturated heterocycles. The number of carbonyl (C=O) groups is 1. The number of anilines is 1. The lowest BCUT2D eigenvalue weighted by Crippen LogP contribution is -2.27. The highest BCUT2D eigenvalue weighted by Gasteiger charge is 2.22. The maximum absolute atomic E-state index is 12.8. The van der Waals surface area contributed by atoms with Crippen molar-refractivity contribution in [3.63, 3.8) is 0 Å². The molecule has 7 heteroatoms. The number of aryl methyl sites for hydroxylation is 3. The second-order valence-electron chi connectivity index (χ2n) is 6.92. The second kappa shape index (κ2) is 8.22. The van der Waals surface area contributed by atoms with E-state index >= 15 is 0 Å². The standard InChI is InChI=1S/C19H28N4O2S/c1-13(16-12-22(3)21-14(16)2)20-18(24)17-11-15-7-5-6-8-23(9-10-25-4)19(15)26-17/h11-13H,5-10H2,1-4H3,(H,20,24). The van der Waals surface area contributed by atoms with Crippen LogP contribution in [-0.4, -0.2) is 42.5 Å². The van der Waals surface area contributed by atoms with E-state index in [0.29, 0.717) is 6.61 Å². The number of rotatable bonds is 6. The molecule has 1 amide bonds.